The van der Waals surface area contributed by atoms with E-state index in [4.69, 9.17) is 30.5 Å². The minimum Gasteiger partial charge on any atom is -0.490 e. The average molecular weight is 744 g/mol. The van der Waals surface area contributed by atoms with Crippen molar-refractivity contribution in [3.05, 3.63) is 58.1 Å². The minimum absolute atomic E-state index is 0.000741. The second kappa shape index (κ2) is 15.1. The fourth-order valence-electron chi connectivity index (χ4n) is 9.38. The predicted octanol–water partition coefficient (Wildman–Crippen LogP) is 5.65. The number of amides is 1. The standard InChI is InChI=1S/C39H54ClN3O7S/c1-25-7-5-9-32(38-48-20-30(21-49-38)42(2)3)31-13-10-28(31)19-43-23-39(16-6-8-26-17-29(40)12-14-33(26)39)24-50-35-15-11-27(18-34(35)43)37(44)41-51(45,46)36(25)22-47-4/h11-12,14-15,17-18,25,28,30-32,36,38H,5-10,13,16,19-24H2,1-4H3,(H,41,44)/t25-,28-,30?,31+,32+,36+,38?,39-/m0/s1. The van der Waals surface area contributed by atoms with Crippen LogP contribution in [0, 0.1) is 23.7 Å². The topological polar surface area (TPSA) is 107 Å². The number of nitrogens with zero attached hydrogens (tertiary/aromatic N) is 2. The molecular formula is C39H54ClN3O7S. The Morgan fingerprint density at radius 1 is 1.04 bits per heavy atom. The Hall–Kier alpha value is -2.41. The summed E-state index contributed by atoms with van der Waals surface area (Å²) in [6.07, 6.45) is 7.26. The largest absolute Gasteiger partial charge is 0.490 e. The van der Waals surface area contributed by atoms with Gasteiger partial charge < -0.3 is 28.7 Å². The lowest BCUT2D eigenvalue weighted by Crippen LogP contribution is -2.52. The molecule has 280 valence electrons. The van der Waals surface area contributed by atoms with Crippen molar-refractivity contribution in [1.82, 2.24) is 9.62 Å². The Balaban J connectivity index is 1.27. The Labute approximate surface area is 308 Å². The van der Waals surface area contributed by atoms with Crippen molar-refractivity contribution in [2.45, 2.75) is 81.3 Å². The van der Waals surface area contributed by atoms with Crippen LogP contribution in [0.1, 0.15) is 73.4 Å². The first kappa shape index (κ1) is 36.9. The number of halogens is 1. The predicted molar refractivity (Wildman–Crippen MR) is 198 cm³/mol. The number of fused-ring (bicyclic) bond motifs is 4. The smallest absolute Gasteiger partial charge is 0.264 e. The number of rotatable bonds is 4. The molecule has 1 saturated carbocycles. The number of nitrogens with one attached hydrogen (secondary N) is 1. The lowest BCUT2D eigenvalue weighted by Gasteiger charge is -2.49. The van der Waals surface area contributed by atoms with Crippen LogP contribution in [-0.4, -0.2) is 97.5 Å². The summed E-state index contributed by atoms with van der Waals surface area (Å²) in [4.78, 5) is 18.3. The molecule has 10 nitrogen and oxygen atoms in total. The number of benzene rings is 2. The summed E-state index contributed by atoms with van der Waals surface area (Å²) >= 11 is 6.48. The number of anilines is 1. The molecule has 7 rings (SSSR count). The van der Waals surface area contributed by atoms with Crippen molar-refractivity contribution >= 4 is 33.2 Å². The van der Waals surface area contributed by atoms with Gasteiger partial charge >= 0.3 is 0 Å². The van der Waals surface area contributed by atoms with E-state index in [1.54, 1.807) is 6.07 Å². The third-order valence-electron chi connectivity index (χ3n) is 12.6. The number of aryl methyl sites for hydroxylation is 1. The van der Waals surface area contributed by atoms with Crippen LogP contribution in [0.4, 0.5) is 5.69 Å². The Bertz CT molecular complexity index is 1680. The number of hydrogen-bond donors (Lipinski definition) is 1. The van der Waals surface area contributed by atoms with E-state index in [-0.39, 0.29) is 41.8 Å². The van der Waals surface area contributed by atoms with E-state index in [0.29, 0.717) is 43.8 Å². The van der Waals surface area contributed by atoms with Crippen LogP contribution in [-0.2, 0) is 36.1 Å². The van der Waals surface area contributed by atoms with Crippen LogP contribution in [0.5, 0.6) is 5.75 Å². The number of carbonyl (C=O) groups excluding carboxylic acids is 1. The Morgan fingerprint density at radius 3 is 2.57 bits per heavy atom. The van der Waals surface area contributed by atoms with Gasteiger partial charge in [-0.05, 0) is 118 Å². The molecule has 1 spiro atoms. The van der Waals surface area contributed by atoms with Crippen LogP contribution in [0.3, 0.4) is 0 Å². The van der Waals surface area contributed by atoms with E-state index < -0.39 is 21.2 Å². The third kappa shape index (κ3) is 7.53. The maximum atomic E-state index is 13.8. The number of sulfonamides is 1. The monoisotopic (exact) mass is 743 g/mol. The summed E-state index contributed by atoms with van der Waals surface area (Å²) in [5, 5.41) is -0.133. The normalized spacial score (nSPS) is 34.0. The molecule has 1 amide bonds. The van der Waals surface area contributed by atoms with E-state index in [0.717, 1.165) is 68.7 Å². The van der Waals surface area contributed by atoms with Gasteiger partial charge in [-0.25, -0.2) is 13.1 Å². The zero-order valence-electron chi connectivity index (χ0n) is 30.4. The third-order valence-corrected chi connectivity index (χ3v) is 14.7. The first-order valence-corrected chi connectivity index (χ1v) is 20.7. The maximum absolute atomic E-state index is 13.8. The van der Waals surface area contributed by atoms with E-state index in [9.17, 15) is 13.2 Å². The molecule has 1 N–H and O–H groups in total. The van der Waals surface area contributed by atoms with Crippen LogP contribution in [0.2, 0.25) is 5.02 Å². The molecule has 5 aliphatic rings. The van der Waals surface area contributed by atoms with Crippen LogP contribution >= 0.6 is 11.6 Å². The molecule has 3 heterocycles. The zero-order valence-corrected chi connectivity index (χ0v) is 32.0. The van der Waals surface area contributed by atoms with Gasteiger partial charge in [0.15, 0.2) is 6.29 Å². The highest BCUT2D eigenvalue weighted by Gasteiger charge is 2.47. The number of likely N-dealkylation sites (N-methyl/N-ethyl adjacent to an activating group) is 1. The summed E-state index contributed by atoms with van der Waals surface area (Å²) in [6.45, 7) is 5.22. The molecule has 2 bridgehead atoms. The quantitative estimate of drug-likeness (QED) is 0.425. The molecule has 12 heteroatoms. The Kier molecular flexibility index (Phi) is 11.0. The minimum atomic E-state index is -4.05. The van der Waals surface area contributed by atoms with Crippen molar-refractivity contribution in [3.8, 4) is 5.75 Å². The lowest BCUT2D eigenvalue weighted by atomic mass is 9.64. The van der Waals surface area contributed by atoms with Crippen molar-refractivity contribution < 1.29 is 32.2 Å². The van der Waals surface area contributed by atoms with E-state index in [1.165, 1.54) is 18.2 Å². The van der Waals surface area contributed by atoms with Gasteiger partial charge in [-0.15, -0.1) is 0 Å². The summed E-state index contributed by atoms with van der Waals surface area (Å²) in [7, 11) is 1.56. The van der Waals surface area contributed by atoms with E-state index in [2.05, 4.69) is 40.7 Å². The van der Waals surface area contributed by atoms with E-state index >= 15 is 0 Å². The number of hydrogen-bond acceptors (Lipinski definition) is 9. The van der Waals surface area contributed by atoms with Crippen LogP contribution < -0.4 is 14.4 Å². The SMILES string of the molecule is COC[C@@H]1[C@@H](C)CCC[C@@H](C2OCC(N(C)C)CO2)[C@@H]2CC[C@H]2CN2C[C@@]3(CCCc4cc(Cl)ccc43)COc3ccc(cc32)C(=O)NS1(=O)=O. The molecule has 3 aliphatic heterocycles. The number of ether oxygens (including phenoxy) is 4. The highest BCUT2D eigenvalue weighted by molar-refractivity contribution is 7.90. The molecule has 2 aromatic carbocycles. The summed E-state index contributed by atoms with van der Waals surface area (Å²) < 4.78 is 55.1. The first-order chi connectivity index (χ1) is 24.5. The van der Waals surface area contributed by atoms with Gasteiger partial charge in [0.1, 0.15) is 11.0 Å². The van der Waals surface area contributed by atoms with Crippen molar-refractivity contribution in [2.24, 2.45) is 23.7 Å². The molecule has 0 radical (unpaired) electrons. The van der Waals surface area contributed by atoms with Crippen molar-refractivity contribution in [1.29, 1.82) is 0 Å². The Morgan fingerprint density at radius 2 is 1.84 bits per heavy atom. The van der Waals surface area contributed by atoms with Gasteiger partial charge in [0, 0.05) is 42.1 Å². The van der Waals surface area contributed by atoms with E-state index in [1.807, 2.05) is 25.1 Å². The molecule has 0 unspecified atom stereocenters. The fraction of sp³-hybridized carbons (Fsp3) is 0.667. The molecule has 1 saturated heterocycles. The molecule has 2 aromatic rings. The summed E-state index contributed by atoms with van der Waals surface area (Å²) in [5.74, 6) is 0.812. The molecule has 6 atom stereocenters. The van der Waals surface area contributed by atoms with Gasteiger partial charge in [-0.1, -0.05) is 31.0 Å². The molecule has 51 heavy (non-hydrogen) atoms. The summed E-state index contributed by atoms with van der Waals surface area (Å²) in [6, 6.07) is 11.8. The first-order valence-electron chi connectivity index (χ1n) is 18.7. The zero-order chi connectivity index (χ0) is 35.9. The molecule has 2 aliphatic carbocycles. The molecule has 0 aromatic heterocycles. The highest BCUT2D eigenvalue weighted by atomic mass is 35.5. The molecule has 2 fully saturated rings. The summed E-state index contributed by atoms with van der Waals surface area (Å²) in [5.41, 5.74) is 3.40. The molecular weight excluding hydrogens is 690 g/mol. The van der Waals surface area contributed by atoms with Crippen LogP contribution in [0.15, 0.2) is 36.4 Å². The number of carbonyl (C=O) groups is 1. The maximum Gasteiger partial charge on any atom is 0.264 e. The van der Waals surface area contributed by atoms with Crippen molar-refractivity contribution in [3.63, 3.8) is 0 Å². The van der Waals surface area contributed by atoms with Gasteiger partial charge in [-0.3, -0.25) is 4.79 Å². The average Bonchev–Trinajstić information content (AvgIpc) is 3.24. The van der Waals surface area contributed by atoms with Gasteiger partial charge in [0.25, 0.3) is 5.91 Å². The lowest BCUT2D eigenvalue weighted by molar-refractivity contribution is -0.240. The highest BCUT2D eigenvalue weighted by Crippen LogP contribution is 2.49. The van der Waals surface area contributed by atoms with Gasteiger partial charge in [-0.2, -0.15) is 0 Å². The van der Waals surface area contributed by atoms with Crippen LogP contribution in [0.25, 0.3) is 0 Å². The van der Waals surface area contributed by atoms with Gasteiger partial charge in [0.05, 0.1) is 38.2 Å². The van der Waals surface area contributed by atoms with Gasteiger partial charge in [0.2, 0.25) is 10.0 Å². The van der Waals surface area contributed by atoms with Crippen molar-refractivity contribution in [2.75, 3.05) is 65.6 Å². The second-order valence-electron chi connectivity index (χ2n) is 16.0. The second-order valence-corrected chi connectivity index (χ2v) is 18.3. The number of methoxy groups -OCH3 is 1. The fourth-order valence-corrected chi connectivity index (χ4v) is 11.2.